The van der Waals surface area contributed by atoms with E-state index in [0.29, 0.717) is 24.3 Å². The third kappa shape index (κ3) is 7.27. The van der Waals surface area contributed by atoms with E-state index in [2.05, 4.69) is 15.5 Å². The normalized spacial score (nSPS) is 25.0. The molecule has 1 saturated carbocycles. The Kier molecular flexibility index (Phi) is 9.89. The third-order valence-electron chi connectivity index (χ3n) is 5.43. The van der Waals surface area contributed by atoms with E-state index in [4.69, 9.17) is 19.2 Å². The SMILES string of the molecule is CO[C@@H]1CC[C@H](C(=O)N(C)Cc2nc(C)no2)C[C@H]1NC1CCSCC1.O=CO. The lowest BCUT2D eigenvalue weighted by Crippen LogP contribution is -2.52. The first-order valence-electron chi connectivity index (χ1n) is 9.97. The van der Waals surface area contributed by atoms with Crippen LogP contribution in [0.4, 0.5) is 0 Å². The van der Waals surface area contributed by atoms with E-state index in [-0.39, 0.29) is 30.4 Å². The number of methoxy groups -OCH3 is 1. The molecule has 0 unspecified atom stereocenters. The molecule has 10 heteroatoms. The highest BCUT2D eigenvalue weighted by atomic mass is 32.2. The Morgan fingerprint density at radius 2 is 2.07 bits per heavy atom. The molecule has 0 spiro atoms. The molecule has 1 aromatic rings. The van der Waals surface area contributed by atoms with E-state index in [1.54, 1.807) is 18.9 Å². The van der Waals surface area contributed by atoms with Gasteiger partial charge in [-0.2, -0.15) is 16.7 Å². The Morgan fingerprint density at radius 3 is 2.66 bits per heavy atom. The van der Waals surface area contributed by atoms with Crippen molar-refractivity contribution in [2.24, 2.45) is 5.92 Å². The van der Waals surface area contributed by atoms with Gasteiger partial charge in [-0.05, 0) is 50.5 Å². The van der Waals surface area contributed by atoms with E-state index in [1.165, 1.54) is 24.3 Å². The van der Waals surface area contributed by atoms with Crippen LogP contribution in [-0.2, 0) is 20.9 Å². The number of amides is 1. The van der Waals surface area contributed by atoms with Gasteiger partial charge in [0.15, 0.2) is 5.82 Å². The van der Waals surface area contributed by atoms with Crippen LogP contribution in [0.3, 0.4) is 0 Å². The summed E-state index contributed by atoms with van der Waals surface area (Å²) in [5.41, 5.74) is 0. The number of aromatic nitrogens is 2. The molecular weight excluding hydrogens is 396 g/mol. The van der Waals surface area contributed by atoms with Gasteiger partial charge in [0, 0.05) is 32.2 Å². The molecule has 2 aliphatic rings. The molecule has 164 valence electrons. The second kappa shape index (κ2) is 12.1. The maximum atomic E-state index is 12.9. The first-order valence-corrected chi connectivity index (χ1v) is 11.1. The molecule has 0 radical (unpaired) electrons. The number of thioether (sulfide) groups is 1. The van der Waals surface area contributed by atoms with Crippen molar-refractivity contribution >= 4 is 24.1 Å². The van der Waals surface area contributed by atoms with Gasteiger partial charge in [0.05, 0.1) is 12.6 Å². The minimum Gasteiger partial charge on any atom is -0.483 e. The molecule has 1 saturated heterocycles. The lowest BCUT2D eigenvalue weighted by Gasteiger charge is -2.39. The Bertz CT molecular complexity index is 638. The van der Waals surface area contributed by atoms with Gasteiger partial charge in [-0.15, -0.1) is 0 Å². The van der Waals surface area contributed by atoms with Gasteiger partial charge < -0.3 is 24.6 Å². The van der Waals surface area contributed by atoms with Crippen LogP contribution in [0.25, 0.3) is 0 Å². The Labute approximate surface area is 175 Å². The standard InChI is InChI=1S/C18H30N4O3S.CH2O2/c1-12-19-17(25-21-12)11-22(2)18(23)13-4-5-16(24-3)15(10-13)20-14-6-8-26-9-7-14;2-1-3/h13-16,20H,4-11H2,1-3H3;1H,(H,2,3)/t13-,15+,16+;/m0./s1. The molecule has 1 amide bonds. The van der Waals surface area contributed by atoms with Crippen molar-refractivity contribution in [3.05, 3.63) is 11.7 Å². The molecule has 2 fully saturated rings. The topological polar surface area (TPSA) is 118 Å². The van der Waals surface area contributed by atoms with Gasteiger partial charge in [0.2, 0.25) is 11.8 Å². The third-order valence-corrected chi connectivity index (χ3v) is 6.48. The van der Waals surface area contributed by atoms with E-state index >= 15 is 0 Å². The molecule has 9 nitrogen and oxygen atoms in total. The molecule has 29 heavy (non-hydrogen) atoms. The molecule has 3 atom stereocenters. The largest absolute Gasteiger partial charge is 0.483 e. The average molecular weight is 429 g/mol. The first-order chi connectivity index (χ1) is 14.0. The summed E-state index contributed by atoms with van der Waals surface area (Å²) in [5, 5.41) is 14.5. The molecule has 1 aliphatic carbocycles. The lowest BCUT2D eigenvalue weighted by atomic mass is 9.82. The van der Waals surface area contributed by atoms with Crippen LogP contribution in [0.2, 0.25) is 0 Å². The average Bonchev–Trinajstić information content (AvgIpc) is 3.13. The maximum Gasteiger partial charge on any atom is 0.290 e. The van der Waals surface area contributed by atoms with E-state index in [9.17, 15) is 4.79 Å². The fraction of sp³-hybridized carbons (Fsp3) is 0.789. The van der Waals surface area contributed by atoms with E-state index in [0.717, 1.165) is 19.3 Å². The summed E-state index contributed by atoms with van der Waals surface area (Å²) in [6, 6.07) is 0.793. The number of hydrogen-bond donors (Lipinski definition) is 2. The summed E-state index contributed by atoms with van der Waals surface area (Å²) < 4.78 is 10.8. The number of carboxylic acid groups (broad SMARTS) is 1. The number of ether oxygens (including phenoxy) is 1. The maximum absolute atomic E-state index is 12.9. The van der Waals surface area contributed by atoms with Crippen molar-refractivity contribution in [1.29, 1.82) is 0 Å². The molecule has 2 heterocycles. The number of nitrogens with one attached hydrogen (secondary N) is 1. The molecule has 3 rings (SSSR count). The number of rotatable bonds is 6. The lowest BCUT2D eigenvalue weighted by molar-refractivity contribution is -0.137. The zero-order valence-electron chi connectivity index (χ0n) is 17.4. The fourth-order valence-electron chi connectivity index (χ4n) is 3.99. The zero-order chi connectivity index (χ0) is 21.2. The zero-order valence-corrected chi connectivity index (χ0v) is 18.2. The summed E-state index contributed by atoms with van der Waals surface area (Å²) in [7, 11) is 3.59. The predicted octanol–water partition coefficient (Wildman–Crippen LogP) is 1.71. The van der Waals surface area contributed by atoms with Gasteiger partial charge in [-0.3, -0.25) is 9.59 Å². The summed E-state index contributed by atoms with van der Waals surface area (Å²) >= 11 is 2.03. The van der Waals surface area contributed by atoms with Gasteiger partial charge in [0.1, 0.15) is 0 Å². The van der Waals surface area contributed by atoms with Crippen LogP contribution >= 0.6 is 11.8 Å². The van der Waals surface area contributed by atoms with Crippen LogP contribution in [0.1, 0.15) is 43.8 Å². The summed E-state index contributed by atoms with van der Waals surface area (Å²) in [6.45, 7) is 1.89. The van der Waals surface area contributed by atoms with Crippen molar-refractivity contribution < 1.29 is 24.0 Å². The molecule has 1 aliphatic heterocycles. The minimum absolute atomic E-state index is 0.0193. The number of nitrogens with zero attached hydrogens (tertiary/aromatic N) is 3. The fourth-order valence-corrected chi connectivity index (χ4v) is 5.09. The highest BCUT2D eigenvalue weighted by molar-refractivity contribution is 7.99. The second-order valence-corrected chi connectivity index (χ2v) is 8.70. The van der Waals surface area contributed by atoms with Gasteiger partial charge in [-0.25, -0.2) is 0 Å². The highest BCUT2D eigenvalue weighted by Crippen LogP contribution is 2.29. The number of hydrogen-bond acceptors (Lipinski definition) is 8. The van der Waals surface area contributed by atoms with Gasteiger partial charge >= 0.3 is 0 Å². The smallest absolute Gasteiger partial charge is 0.290 e. The Balaban J connectivity index is 0.000000941. The van der Waals surface area contributed by atoms with Crippen molar-refractivity contribution in [3.63, 3.8) is 0 Å². The van der Waals surface area contributed by atoms with E-state index in [1.807, 2.05) is 18.8 Å². The van der Waals surface area contributed by atoms with Crippen LogP contribution in [-0.4, -0.2) is 76.4 Å². The molecule has 0 bridgehead atoms. The van der Waals surface area contributed by atoms with Crippen LogP contribution < -0.4 is 5.32 Å². The van der Waals surface area contributed by atoms with Crippen molar-refractivity contribution in [3.8, 4) is 0 Å². The summed E-state index contributed by atoms with van der Waals surface area (Å²) in [5.74, 6) is 3.69. The van der Waals surface area contributed by atoms with Crippen LogP contribution in [0.5, 0.6) is 0 Å². The van der Waals surface area contributed by atoms with Crippen LogP contribution in [0, 0.1) is 12.8 Å². The van der Waals surface area contributed by atoms with Gasteiger partial charge in [0.25, 0.3) is 6.47 Å². The predicted molar refractivity (Wildman–Crippen MR) is 110 cm³/mol. The monoisotopic (exact) mass is 428 g/mol. The van der Waals surface area contributed by atoms with Crippen molar-refractivity contribution in [2.75, 3.05) is 25.7 Å². The second-order valence-electron chi connectivity index (χ2n) is 7.48. The summed E-state index contributed by atoms with van der Waals surface area (Å²) in [6.07, 6.45) is 5.20. The number of carbonyl (C=O) groups is 2. The number of aryl methyl sites for hydroxylation is 1. The van der Waals surface area contributed by atoms with E-state index < -0.39 is 0 Å². The minimum atomic E-state index is -0.250. The molecular formula is C19H32N4O5S. The highest BCUT2D eigenvalue weighted by Gasteiger charge is 2.36. The van der Waals surface area contributed by atoms with Crippen LogP contribution in [0.15, 0.2) is 4.52 Å². The first kappa shape index (κ1) is 23.6. The number of carbonyl (C=O) groups excluding carboxylic acids is 1. The van der Waals surface area contributed by atoms with Crippen molar-refractivity contribution in [2.45, 2.75) is 63.8 Å². The quantitative estimate of drug-likeness (QED) is 0.653. The molecule has 2 N–H and O–H groups in total. The van der Waals surface area contributed by atoms with Gasteiger partial charge in [-0.1, -0.05) is 5.16 Å². The Morgan fingerprint density at radius 1 is 1.38 bits per heavy atom. The summed E-state index contributed by atoms with van der Waals surface area (Å²) in [4.78, 5) is 27.2. The molecule has 0 aromatic carbocycles. The Hall–Kier alpha value is -1.65. The van der Waals surface area contributed by atoms with Crippen molar-refractivity contribution in [1.82, 2.24) is 20.4 Å². The molecule has 1 aromatic heterocycles.